The summed E-state index contributed by atoms with van der Waals surface area (Å²) in [5.41, 5.74) is 2.48. The van der Waals surface area contributed by atoms with Crippen molar-refractivity contribution in [2.24, 2.45) is 0 Å². The normalized spacial score (nSPS) is 14.3. The molecule has 1 aliphatic rings. The van der Waals surface area contributed by atoms with Crippen LogP contribution in [0.2, 0.25) is 0 Å². The van der Waals surface area contributed by atoms with Gasteiger partial charge in [-0.2, -0.15) is 0 Å². The molecule has 4 aromatic rings. The summed E-state index contributed by atoms with van der Waals surface area (Å²) in [6, 6.07) is 9.75. The lowest BCUT2D eigenvalue weighted by Gasteiger charge is -2.24. The maximum atomic E-state index is 13.1. The highest BCUT2D eigenvalue weighted by molar-refractivity contribution is 5.97. The average molecular weight is 442 g/mol. The average Bonchev–Trinajstić information content (AvgIpc) is 2.85. The van der Waals surface area contributed by atoms with Gasteiger partial charge in [-0.3, -0.25) is 19.7 Å². The molecular formula is C25H23FN6O. The number of anilines is 1. The summed E-state index contributed by atoms with van der Waals surface area (Å²) >= 11 is 0. The Hall–Kier alpha value is -3.78. The lowest BCUT2D eigenvalue weighted by Crippen LogP contribution is -2.35. The molecule has 1 fully saturated rings. The van der Waals surface area contributed by atoms with Gasteiger partial charge in [-0.1, -0.05) is 0 Å². The Morgan fingerprint density at radius 2 is 1.76 bits per heavy atom. The number of rotatable bonds is 6. The van der Waals surface area contributed by atoms with Gasteiger partial charge < -0.3 is 10.6 Å². The molecular weight excluding hydrogens is 419 g/mol. The Morgan fingerprint density at radius 1 is 0.970 bits per heavy atom. The van der Waals surface area contributed by atoms with Gasteiger partial charge in [0.05, 0.1) is 24.5 Å². The van der Waals surface area contributed by atoms with Crippen LogP contribution in [0.5, 0.6) is 0 Å². The van der Waals surface area contributed by atoms with E-state index in [2.05, 4.69) is 25.6 Å². The Kier molecular flexibility index (Phi) is 5.99. The second kappa shape index (κ2) is 9.38. The number of benzene rings is 1. The molecule has 1 saturated heterocycles. The molecule has 0 spiro atoms. The molecule has 0 atom stereocenters. The maximum absolute atomic E-state index is 13.1. The molecule has 3 aromatic heterocycles. The van der Waals surface area contributed by atoms with Gasteiger partial charge in [-0.25, -0.2) is 9.37 Å². The Morgan fingerprint density at radius 3 is 2.58 bits per heavy atom. The number of ketones is 1. The number of piperidine rings is 1. The molecule has 33 heavy (non-hydrogen) atoms. The molecule has 5 rings (SSSR count). The zero-order chi connectivity index (χ0) is 22.6. The number of pyridine rings is 2. The third-order valence-corrected chi connectivity index (χ3v) is 5.76. The summed E-state index contributed by atoms with van der Waals surface area (Å²) < 4.78 is 13.1. The van der Waals surface area contributed by atoms with Crippen molar-refractivity contribution < 1.29 is 9.18 Å². The van der Waals surface area contributed by atoms with E-state index in [0.29, 0.717) is 28.7 Å². The Bertz CT molecular complexity index is 1290. The quantitative estimate of drug-likeness (QED) is 0.439. The smallest absolute Gasteiger partial charge is 0.168 e. The fourth-order valence-corrected chi connectivity index (χ4v) is 3.96. The van der Waals surface area contributed by atoms with E-state index < -0.39 is 0 Å². The number of carbonyl (C=O) groups excluding carboxylic acids is 1. The van der Waals surface area contributed by atoms with Gasteiger partial charge in [0.2, 0.25) is 0 Å². The van der Waals surface area contributed by atoms with E-state index in [9.17, 15) is 9.18 Å². The summed E-state index contributed by atoms with van der Waals surface area (Å²) in [5.74, 6) is 0.258. The fourth-order valence-electron chi connectivity index (χ4n) is 3.96. The van der Waals surface area contributed by atoms with Gasteiger partial charge in [0.1, 0.15) is 17.3 Å². The summed E-state index contributed by atoms with van der Waals surface area (Å²) in [4.78, 5) is 30.5. The molecule has 0 aliphatic carbocycles. The molecule has 1 aliphatic heterocycles. The number of carbonyl (C=O) groups is 1. The molecule has 7 nitrogen and oxygen atoms in total. The SMILES string of the molecule is O=C(Cc1cc2cc(-c3cncc(NC4CCNCC4)n3)ncc2cn1)c1ccc(F)cc1. The molecule has 0 amide bonds. The topological polar surface area (TPSA) is 92.7 Å². The van der Waals surface area contributed by atoms with E-state index in [1.807, 2.05) is 12.1 Å². The first kappa shape index (κ1) is 21.1. The van der Waals surface area contributed by atoms with Crippen LogP contribution in [-0.2, 0) is 6.42 Å². The minimum absolute atomic E-state index is 0.112. The van der Waals surface area contributed by atoms with Crippen molar-refractivity contribution in [1.82, 2.24) is 25.3 Å². The van der Waals surface area contributed by atoms with Gasteiger partial charge in [0.25, 0.3) is 0 Å². The van der Waals surface area contributed by atoms with Crippen LogP contribution < -0.4 is 10.6 Å². The van der Waals surface area contributed by atoms with Gasteiger partial charge in [0, 0.05) is 35.1 Å². The number of fused-ring (bicyclic) bond motifs is 1. The molecule has 0 radical (unpaired) electrons. The van der Waals surface area contributed by atoms with E-state index in [1.54, 1.807) is 24.8 Å². The molecule has 4 heterocycles. The van der Waals surface area contributed by atoms with Crippen LogP contribution in [0.1, 0.15) is 28.9 Å². The maximum Gasteiger partial charge on any atom is 0.168 e. The van der Waals surface area contributed by atoms with Crippen LogP contribution in [0.3, 0.4) is 0 Å². The number of aromatic nitrogens is 4. The summed E-state index contributed by atoms with van der Waals surface area (Å²) in [5, 5.41) is 8.60. The largest absolute Gasteiger partial charge is 0.366 e. The zero-order valence-electron chi connectivity index (χ0n) is 18.0. The van der Waals surface area contributed by atoms with E-state index >= 15 is 0 Å². The molecule has 8 heteroatoms. The van der Waals surface area contributed by atoms with Crippen molar-refractivity contribution in [2.45, 2.75) is 25.3 Å². The van der Waals surface area contributed by atoms with Crippen molar-refractivity contribution in [3.05, 3.63) is 78.3 Å². The summed E-state index contributed by atoms with van der Waals surface area (Å²) in [6.07, 6.45) is 9.11. The number of nitrogens with one attached hydrogen (secondary N) is 2. The highest BCUT2D eigenvalue weighted by Gasteiger charge is 2.14. The first-order chi connectivity index (χ1) is 16.1. The Balaban J connectivity index is 1.37. The van der Waals surface area contributed by atoms with E-state index in [-0.39, 0.29) is 18.0 Å². The predicted molar refractivity (Wildman–Crippen MR) is 125 cm³/mol. The van der Waals surface area contributed by atoms with Crippen molar-refractivity contribution in [2.75, 3.05) is 18.4 Å². The molecule has 1 aromatic carbocycles. The number of hydrogen-bond donors (Lipinski definition) is 2. The molecule has 166 valence electrons. The van der Waals surface area contributed by atoms with Crippen molar-refractivity contribution >= 4 is 22.4 Å². The standard InChI is InChI=1S/C25H23FN6O/c26-19-3-1-16(2-4-19)24(33)11-21-9-17-10-22(30-13-18(17)12-29-21)23-14-28-15-25(32-23)31-20-5-7-27-8-6-20/h1-4,9-10,12-15,20,27H,5-8,11H2,(H,31,32). The third kappa shape index (κ3) is 5.01. The second-order valence-electron chi connectivity index (χ2n) is 8.16. The van der Waals surface area contributed by atoms with Crippen LogP contribution in [0.25, 0.3) is 22.2 Å². The minimum atomic E-state index is -0.367. The number of halogens is 1. The molecule has 0 unspecified atom stereocenters. The molecule has 2 N–H and O–H groups in total. The summed E-state index contributed by atoms with van der Waals surface area (Å²) in [6.45, 7) is 1.99. The third-order valence-electron chi connectivity index (χ3n) is 5.76. The highest BCUT2D eigenvalue weighted by atomic mass is 19.1. The zero-order valence-corrected chi connectivity index (χ0v) is 18.0. The van der Waals surface area contributed by atoms with Crippen LogP contribution in [0, 0.1) is 5.82 Å². The highest BCUT2D eigenvalue weighted by Crippen LogP contribution is 2.22. The summed E-state index contributed by atoms with van der Waals surface area (Å²) in [7, 11) is 0. The van der Waals surface area contributed by atoms with Gasteiger partial charge in [0.15, 0.2) is 5.78 Å². The van der Waals surface area contributed by atoms with E-state index in [1.165, 1.54) is 24.3 Å². The van der Waals surface area contributed by atoms with Gasteiger partial charge in [-0.15, -0.1) is 0 Å². The fraction of sp³-hybridized carbons (Fsp3) is 0.240. The van der Waals surface area contributed by atoms with Crippen LogP contribution in [0.4, 0.5) is 10.2 Å². The second-order valence-corrected chi connectivity index (χ2v) is 8.16. The van der Waals surface area contributed by atoms with Gasteiger partial charge >= 0.3 is 0 Å². The predicted octanol–water partition coefficient (Wildman–Crippen LogP) is 3.82. The van der Waals surface area contributed by atoms with Gasteiger partial charge in [-0.05, 0) is 67.7 Å². The minimum Gasteiger partial charge on any atom is -0.366 e. The number of nitrogens with zero attached hydrogens (tertiary/aromatic N) is 4. The first-order valence-electron chi connectivity index (χ1n) is 11.0. The van der Waals surface area contributed by atoms with E-state index in [0.717, 1.165) is 42.5 Å². The van der Waals surface area contributed by atoms with E-state index in [4.69, 9.17) is 4.98 Å². The number of Topliss-reactive ketones (excluding diaryl/α,β-unsaturated/α-hetero) is 1. The Labute approximate surface area is 190 Å². The van der Waals surface area contributed by atoms with Crippen molar-refractivity contribution in [1.29, 1.82) is 0 Å². The monoisotopic (exact) mass is 442 g/mol. The van der Waals surface area contributed by atoms with Crippen LogP contribution in [0.15, 0.2) is 61.2 Å². The van der Waals surface area contributed by atoms with Crippen molar-refractivity contribution in [3.63, 3.8) is 0 Å². The lowest BCUT2D eigenvalue weighted by atomic mass is 10.0. The van der Waals surface area contributed by atoms with Crippen LogP contribution in [-0.4, -0.2) is 44.9 Å². The molecule has 0 bridgehead atoms. The lowest BCUT2D eigenvalue weighted by molar-refractivity contribution is 0.0992. The van der Waals surface area contributed by atoms with Crippen molar-refractivity contribution in [3.8, 4) is 11.4 Å². The van der Waals surface area contributed by atoms with Crippen LogP contribution >= 0.6 is 0 Å². The molecule has 0 saturated carbocycles. The number of hydrogen-bond acceptors (Lipinski definition) is 7. The first-order valence-corrected chi connectivity index (χ1v) is 11.0.